The van der Waals surface area contributed by atoms with Crippen LogP contribution >= 0.6 is 0 Å². The highest BCUT2D eigenvalue weighted by atomic mass is 16.7. The summed E-state index contributed by atoms with van der Waals surface area (Å²) in [6.45, 7) is 20.0. The van der Waals surface area contributed by atoms with Crippen molar-refractivity contribution >= 4 is 24.4 Å². The molecule has 0 aliphatic carbocycles. The van der Waals surface area contributed by atoms with E-state index in [9.17, 15) is 9.59 Å². The third kappa shape index (κ3) is 5.91. The van der Waals surface area contributed by atoms with Gasteiger partial charge in [0.05, 0.1) is 24.4 Å². The monoisotopic (exact) mass is 522 g/mol. The second-order valence-corrected chi connectivity index (χ2v) is 12.3. The molecule has 2 amide bonds. The molecule has 0 aromatic heterocycles. The van der Waals surface area contributed by atoms with Crippen molar-refractivity contribution in [1.29, 1.82) is 0 Å². The van der Waals surface area contributed by atoms with Crippen LogP contribution < -0.4 is 15.6 Å². The summed E-state index contributed by atoms with van der Waals surface area (Å²) in [5, 5.41) is 1.49. The van der Waals surface area contributed by atoms with E-state index in [1.54, 1.807) is 25.3 Å². The molecule has 1 N–H and O–H groups in total. The highest BCUT2D eigenvalue weighted by Gasteiger charge is 2.51. The number of rotatable bonds is 6. The number of hydrogen-bond acceptors (Lipinski definition) is 5. The van der Waals surface area contributed by atoms with Crippen molar-refractivity contribution < 1.29 is 23.6 Å². The van der Waals surface area contributed by atoms with Crippen LogP contribution in [0.25, 0.3) is 0 Å². The van der Waals surface area contributed by atoms with E-state index >= 15 is 0 Å². The van der Waals surface area contributed by atoms with Gasteiger partial charge in [-0.25, -0.2) is 5.01 Å². The van der Waals surface area contributed by atoms with E-state index in [1.165, 1.54) is 5.01 Å². The SMILES string of the molecule is CC[C@@H](N(NC(=O)c1cc(C)cc(B2OC(C)(C)C(C)(C)O2)c1)C(=O)c1cccc(OC)c1C)C(C)(C)C. The second kappa shape index (κ2) is 10.7. The fraction of sp³-hybridized carbons (Fsp3) is 0.533. The van der Waals surface area contributed by atoms with Crippen molar-refractivity contribution in [3.8, 4) is 5.75 Å². The average Bonchev–Trinajstić information content (AvgIpc) is 3.04. The van der Waals surface area contributed by atoms with Crippen molar-refractivity contribution in [3.63, 3.8) is 0 Å². The van der Waals surface area contributed by atoms with Crippen LogP contribution in [0.1, 0.15) is 93.7 Å². The van der Waals surface area contributed by atoms with Gasteiger partial charge in [0.15, 0.2) is 0 Å². The Bertz CT molecular complexity index is 1190. The van der Waals surface area contributed by atoms with Gasteiger partial charge in [-0.2, -0.15) is 0 Å². The third-order valence-corrected chi connectivity index (χ3v) is 7.76. The first kappa shape index (κ1) is 29.7. The highest BCUT2D eigenvalue weighted by Crippen LogP contribution is 2.36. The number of hydrogen-bond donors (Lipinski definition) is 1. The molecule has 38 heavy (non-hydrogen) atoms. The van der Waals surface area contributed by atoms with Gasteiger partial charge in [-0.15, -0.1) is 0 Å². The van der Waals surface area contributed by atoms with Gasteiger partial charge < -0.3 is 14.0 Å². The summed E-state index contributed by atoms with van der Waals surface area (Å²) in [6.07, 6.45) is 0.658. The number of nitrogens with one attached hydrogen (secondary N) is 1. The van der Waals surface area contributed by atoms with E-state index in [4.69, 9.17) is 14.0 Å². The Morgan fingerprint density at radius 3 is 2.18 bits per heavy atom. The lowest BCUT2D eigenvalue weighted by atomic mass is 9.77. The molecule has 1 atom stereocenters. The lowest BCUT2D eigenvalue weighted by Gasteiger charge is -2.39. The zero-order valence-corrected chi connectivity index (χ0v) is 24.8. The van der Waals surface area contributed by atoms with Gasteiger partial charge in [-0.05, 0) is 83.1 Å². The van der Waals surface area contributed by atoms with Crippen LogP contribution in [-0.2, 0) is 9.31 Å². The zero-order chi connectivity index (χ0) is 28.6. The van der Waals surface area contributed by atoms with E-state index in [1.807, 2.05) is 66.7 Å². The van der Waals surface area contributed by atoms with Gasteiger partial charge in [-0.3, -0.25) is 15.0 Å². The summed E-state index contributed by atoms with van der Waals surface area (Å²) < 4.78 is 17.9. The number of carbonyl (C=O) groups excluding carboxylic acids is 2. The van der Waals surface area contributed by atoms with Crippen LogP contribution in [0.2, 0.25) is 0 Å². The fourth-order valence-electron chi connectivity index (χ4n) is 4.88. The Labute approximate surface area is 228 Å². The van der Waals surface area contributed by atoms with Crippen LogP contribution in [0, 0.1) is 19.3 Å². The molecule has 0 saturated carbocycles. The largest absolute Gasteiger partial charge is 0.496 e. The molecule has 1 aliphatic heterocycles. The Hall–Kier alpha value is -2.84. The number of hydrazine groups is 1. The number of ether oxygens (including phenoxy) is 1. The molecule has 0 spiro atoms. The number of nitrogens with zero attached hydrogens (tertiary/aromatic N) is 1. The van der Waals surface area contributed by atoms with Crippen LogP contribution in [0.5, 0.6) is 5.75 Å². The molecule has 206 valence electrons. The second-order valence-electron chi connectivity index (χ2n) is 12.3. The Morgan fingerprint density at radius 1 is 1.05 bits per heavy atom. The first-order valence-electron chi connectivity index (χ1n) is 13.3. The molecule has 1 saturated heterocycles. The molecule has 0 bridgehead atoms. The number of benzene rings is 2. The summed E-state index contributed by atoms with van der Waals surface area (Å²) in [7, 11) is 0.983. The lowest BCUT2D eigenvalue weighted by Crippen LogP contribution is -2.56. The van der Waals surface area contributed by atoms with Crippen molar-refractivity contribution in [2.45, 2.75) is 92.9 Å². The van der Waals surface area contributed by atoms with Crippen molar-refractivity contribution in [1.82, 2.24) is 10.4 Å². The summed E-state index contributed by atoms with van der Waals surface area (Å²) in [5.74, 6) is -0.0323. The van der Waals surface area contributed by atoms with Crippen LogP contribution in [0.15, 0.2) is 36.4 Å². The highest BCUT2D eigenvalue weighted by molar-refractivity contribution is 6.62. The molecule has 1 aliphatic rings. The van der Waals surface area contributed by atoms with Crippen LogP contribution in [-0.4, -0.2) is 48.3 Å². The molecule has 2 aromatic rings. The van der Waals surface area contributed by atoms with Crippen LogP contribution in [0.4, 0.5) is 0 Å². The van der Waals surface area contributed by atoms with Gasteiger partial charge in [0.1, 0.15) is 5.75 Å². The summed E-state index contributed by atoms with van der Waals surface area (Å²) in [6, 6.07) is 10.7. The maximum atomic E-state index is 13.9. The van der Waals surface area contributed by atoms with Gasteiger partial charge in [0.2, 0.25) is 0 Å². The molecular formula is C30H43BN2O5. The minimum atomic E-state index is -0.596. The van der Waals surface area contributed by atoms with Gasteiger partial charge in [0.25, 0.3) is 11.8 Å². The smallest absolute Gasteiger partial charge is 0.494 e. The van der Waals surface area contributed by atoms with Gasteiger partial charge in [0, 0.05) is 16.7 Å². The van der Waals surface area contributed by atoms with Crippen molar-refractivity contribution in [2.75, 3.05) is 7.11 Å². The maximum Gasteiger partial charge on any atom is 0.494 e. The molecule has 3 rings (SSSR count). The summed E-state index contributed by atoms with van der Waals surface area (Å²) in [5.41, 5.74) is 4.96. The first-order valence-corrected chi connectivity index (χ1v) is 13.3. The predicted molar refractivity (Wildman–Crippen MR) is 152 cm³/mol. The molecule has 8 heteroatoms. The molecule has 0 unspecified atom stereocenters. The lowest BCUT2D eigenvalue weighted by molar-refractivity contribution is 0.00578. The quantitative estimate of drug-likeness (QED) is 0.416. The first-order chi connectivity index (χ1) is 17.5. The molecule has 0 radical (unpaired) electrons. The molecular weight excluding hydrogens is 479 g/mol. The number of carbonyl (C=O) groups is 2. The van der Waals surface area contributed by atoms with E-state index in [0.29, 0.717) is 23.3 Å². The number of aryl methyl sites for hydroxylation is 1. The van der Waals surface area contributed by atoms with Crippen LogP contribution in [0.3, 0.4) is 0 Å². The van der Waals surface area contributed by atoms with Crippen molar-refractivity contribution in [3.05, 3.63) is 58.7 Å². The topological polar surface area (TPSA) is 77.1 Å². The van der Waals surface area contributed by atoms with Crippen molar-refractivity contribution in [2.24, 2.45) is 5.41 Å². The minimum Gasteiger partial charge on any atom is -0.496 e. The minimum absolute atomic E-state index is 0.253. The molecule has 2 aromatic carbocycles. The average molecular weight is 522 g/mol. The summed E-state index contributed by atoms with van der Waals surface area (Å²) in [4.78, 5) is 27.7. The number of amides is 2. The van der Waals surface area contributed by atoms with E-state index < -0.39 is 18.3 Å². The Balaban J connectivity index is 1.99. The van der Waals surface area contributed by atoms with E-state index in [0.717, 1.165) is 16.6 Å². The molecule has 1 heterocycles. The summed E-state index contributed by atoms with van der Waals surface area (Å²) >= 11 is 0. The number of methoxy groups -OCH3 is 1. The zero-order valence-electron chi connectivity index (χ0n) is 24.8. The molecule has 1 fully saturated rings. The van der Waals surface area contributed by atoms with Gasteiger partial charge >= 0.3 is 7.12 Å². The van der Waals surface area contributed by atoms with Gasteiger partial charge in [-0.1, -0.05) is 45.4 Å². The van der Waals surface area contributed by atoms with E-state index in [-0.39, 0.29) is 23.3 Å². The predicted octanol–water partition coefficient (Wildman–Crippen LogP) is 5.22. The Morgan fingerprint density at radius 2 is 1.66 bits per heavy atom. The fourth-order valence-corrected chi connectivity index (χ4v) is 4.88. The standard InChI is InChI=1S/C30H43BN2O5/c1-12-25(28(4,5)6)33(27(35)23-14-13-15-24(36-11)20(23)3)32-26(34)21-16-19(2)17-22(18-21)31-37-29(7,8)30(9,10)38-31/h13-18,25H,12H2,1-11H3,(H,32,34)/t25-/m1/s1. The third-order valence-electron chi connectivity index (χ3n) is 7.76. The normalized spacial score (nSPS) is 17.2. The molecule has 7 nitrogen and oxygen atoms in total. The maximum absolute atomic E-state index is 13.9. The Kier molecular flexibility index (Phi) is 8.40. The van der Waals surface area contributed by atoms with E-state index in [2.05, 4.69) is 26.2 Å².